The molecule has 4 N–H and O–H groups in total. The van der Waals surface area contributed by atoms with Crippen molar-refractivity contribution in [2.75, 3.05) is 6.54 Å². The van der Waals surface area contributed by atoms with Crippen LogP contribution in [0.2, 0.25) is 0 Å². The number of hydrogen-bond acceptors (Lipinski definition) is 3. The molecule has 0 spiro atoms. The van der Waals surface area contributed by atoms with Gasteiger partial charge >= 0.3 is 12.0 Å². The summed E-state index contributed by atoms with van der Waals surface area (Å²) in [5.74, 6) is -0.915. The molecule has 1 rings (SSSR count). The van der Waals surface area contributed by atoms with Gasteiger partial charge in [0.05, 0.1) is 12.7 Å². The van der Waals surface area contributed by atoms with Crippen molar-refractivity contribution in [2.45, 2.75) is 46.1 Å². The fraction of sp³-hybridized carbons (Fsp3) is 0.643. The Balaban J connectivity index is 2.38. The maximum absolute atomic E-state index is 11.8. The van der Waals surface area contributed by atoms with Crippen LogP contribution in [0.3, 0.4) is 0 Å². The number of aliphatic carboxylic acids is 1. The lowest BCUT2D eigenvalue weighted by molar-refractivity contribution is -0.137. The quantitative estimate of drug-likeness (QED) is 0.612. The molecule has 118 valence electrons. The van der Waals surface area contributed by atoms with E-state index in [9.17, 15) is 9.59 Å². The highest BCUT2D eigenvalue weighted by atomic mass is 16.4. The first-order valence-electron chi connectivity index (χ1n) is 6.99. The van der Waals surface area contributed by atoms with Gasteiger partial charge < -0.3 is 20.7 Å². The van der Waals surface area contributed by atoms with Crippen molar-refractivity contribution in [3.8, 4) is 0 Å². The smallest absolute Gasteiger partial charge is 0.315 e. The molecule has 7 heteroatoms. The molecule has 0 radical (unpaired) electrons. The minimum absolute atomic E-state index is 0.0523. The predicted molar refractivity (Wildman–Crippen MR) is 78.9 cm³/mol. The summed E-state index contributed by atoms with van der Waals surface area (Å²) in [6, 6.07) is -0.723. The Labute approximate surface area is 124 Å². The molecule has 1 aromatic rings. The van der Waals surface area contributed by atoms with Crippen LogP contribution in [0.1, 0.15) is 39.3 Å². The fourth-order valence-electron chi connectivity index (χ4n) is 2.09. The van der Waals surface area contributed by atoms with E-state index in [-0.39, 0.29) is 23.9 Å². The second kappa shape index (κ2) is 7.66. The molecule has 21 heavy (non-hydrogen) atoms. The van der Waals surface area contributed by atoms with E-state index in [4.69, 9.17) is 5.11 Å². The van der Waals surface area contributed by atoms with Gasteiger partial charge in [-0.25, -0.2) is 9.78 Å². The Kier molecular flexibility index (Phi) is 6.20. The van der Waals surface area contributed by atoms with Crippen LogP contribution in [0.4, 0.5) is 4.79 Å². The highest BCUT2D eigenvalue weighted by Gasteiger charge is 2.22. The Hall–Kier alpha value is -2.05. The number of hydrogen-bond donors (Lipinski definition) is 4. The zero-order chi connectivity index (χ0) is 15.9. The van der Waals surface area contributed by atoms with E-state index < -0.39 is 5.97 Å². The molecule has 0 aliphatic heterocycles. The SMILES string of the molecule is CC(C)(C)CC(CC(=O)O)NC(=O)NCCc1cnc[nH]1. The third kappa shape index (κ3) is 7.96. The van der Waals surface area contributed by atoms with Crippen LogP contribution in [0.25, 0.3) is 0 Å². The van der Waals surface area contributed by atoms with Crippen molar-refractivity contribution in [3.63, 3.8) is 0 Å². The van der Waals surface area contributed by atoms with Crippen LogP contribution < -0.4 is 10.6 Å². The van der Waals surface area contributed by atoms with Crippen molar-refractivity contribution in [1.29, 1.82) is 0 Å². The fourth-order valence-corrected chi connectivity index (χ4v) is 2.09. The lowest BCUT2D eigenvalue weighted by Crippen LogP contribution is -2.45. The number of nitrogens with zero attached hydrogens (tertiary/aromatic N) is 1. The van der Waals surface area contributed by atoms with Crippen molar-refractivity contribution in [2.24, 2.45) is 5.41 Å². The molecule has 1 atom stereocenters. The molecule has 0 bridgehead atoms. The third-order valence-corrected chi connectivity index (χ3v) is 2.85. The first-order chi connectivity index (χ1) is 9.76. The maximum atomic E-state index is 11.8. The van der Waals surface area contributed by atoms with Gasteiger partial charge in [0.2, 0.25) is 0 Å². The highest BCUT2D eigenvalue weighted by molar-refractivity contribution is 5.75. The van der Waals surface area contributed by atoms with Gasteiger partial charge in [0.15, 0.2) is 0 Å². The largest absolute Gasteiger partial charge is 0.481 e. The minimum atomic E-state index is -0.915. The van der Waals surface area contributed by atoms with E-state index in [0.29, 0.717) is 19.4 Å². The average Bonchev–Trinajstić information content (AvgIpc) is 2.78. The number of imidazole rings is 1. The monoisotopic (exact) mass is 296 g/mol. The zero-order valence-corrected chi connectivity index (χ0v) is 12.8. The molecule has 0 aliphatic rings. The number of urea groups is 1. The summed E-state index contributed by atoms with van der Waals surface area (Å²) < 4.78 is 0. The van der Waals surface area contributed by atoms with Gasteiger partial charge in [0.1, 0.15) is 0 Å². The topological polar surface area (TPSA) is 107 Å². The molecular weight excluding hydrogens is 272 g/mol. The number of carbonyl (C=O) groups excluding carboxylic acids is 1. The van der Waals surface area contributed by atoms with Gasteiger partial charge in [-0.2, -0.15) is 0 Å². The van der Waals surface area contributed by atoms with Crippen LogP contribution in [-0.4, -0.2) is 39.7 Å². The molecule has 0 saturated carbocycles. The summed E-state index contributed by atoms with van der Waals surface area (Å²) >= 11 is 0. The lowest BCUT2D eigenvalue weighted by atomic mass is 9.87. The van der Waals surface area contributed by atoms with Gasteiger partial charge in [-0.15, -0.1) is 0 Å². The Bertz CT molecular complexity index is 451. The van der Waals surface area contributed by atoms with Crippen LogP contribution in [0, 0.1) is 5.41 Å². The zero-order valence-electron chi connectivity index (χ0n) is 12.8. The number of aromatic nitrogens is 2. The van der Waals surface area contributed by atoms with Gasteiger partial charge in [0.25, 0.3) is 0 Å². The maximum Gasteiger partial charge on any atom is 0.315 e. The molecule has 0 aromatic carbocycles. The van der Waals surface area contributed by atoms with Crippen molar-refractivity contribution in [3.05, 3.63) is 18.2 Å². The molecule has 1 heterocycles. The first-order valence-corrected chi connectivity index (χ1v) is 6.99. The summed E-state index contributed by atoms with van der Waals surface area (Å²) in [7, 11) is 0. The van der Waals surface area contributed by atoms with Crippen molar-refractivity contribution < 1.29 is 14.7 Å². The van der Waals surface area contributed by atoms with Crippen molar-refractivity contribution >= 4 is 12.0 Å². The Morgan fingerprint density at radius 1 is 1.43 bits per heavy atom. The Morgan fingerprint density at radius 2 is 2.14 bits per heavy atom. The number of nitrogens with one attached hydrogen (secondary N) is 3. The van der Waals surface area contributed by atoms with E-state index in [1.807, 2.05) is 20.8 Å². The third-order valence-electron chi connectivity index (χ3n) is 2.85. The number of carbonyl (C=O) groups is 2. The lowest BCUT2D eigenvalue weighted by Gasteiger charge is -2.25. The Morgan fingerprint density at radius 3 is 2.67 bits per heavy atom. The highest BCUT2D eigenvalue weighted by Crippen LogP contribution is 2.22. The second-order valence-electron chi connectivity index (χ2n) is 6.29. The van der Waals surface area contributed by atoms with E-state index in [2.05, 4.69) is 20.6 Å². The first kappa shape index (κ1) is 17.0. The number of H-pyrrole nitrogens is 1. The second-order valence-corrected chi connectivity index (χ2v) is 6.29. The summed E-state index contributed by atoms with van der Waals surface area (Å²) in [4.78, 5) is 29.5. The van der Waals surface area contributed by atoms with E-state index in [0.717, 1.165) is 5.69 Å². The van der Waals surface area contributed by atoms with Crippen LogP contribution in [0.15, 0.2) is 12.5 Å². The standard InChI is InChI=1S/C14H24N4O3/c1-14(2,3)7-11(6-12(19)20)18-13(21)16-5-4-10-8-15-9-17-10/h8-9,11H,4-7H2,1-3H3,(H,15,17)(H,19,20)(H2,16,18,21). The minimum Gasteiger partial charge on any atom is -0.481 e. The molecular formula is C14H24N4O3. The normalized spacial score (nSPS) is 12.7. The van der Waals surface area contributed by atoms with Gasteiger partial charge in [-0.05, 0) is 11.8 Å². The van der Waals surface area contributed by atoms with Gasteiger partial charge in [-0.1, -0.05) is 20.8 Å². The van der Waals surface area contributed by atoms with Gasteiger partial charge in [-0.3, -0.25) is 4.79 Å². The number of carboxylic acid groups (broad SMARTS) is 1. The summed E-state index contributed by atoms with van der Waals surface area (Å²) in [6.07, 6.45) is 4.46. The van der Waals surface area contributed by atoms with Crippen LogP contribution in [-0.2, 0) is 11.2 Å². The number of aromatic amines is 1. The summed E-state index contributed by atoms with van der Waals surface area (Å²) in [6.45, 7) is 6.50. The molecule has 0 saturated heterocycles. The van der Waals surface area contributed by atoms with Gasteiger partial charge in [0, 0.05) is 30.9 Å². The molecule has 2 amide bonds. The molecule has 1 aromatic heterocycles. The molecule has 0 aliphatic carbocycles. The number of amides is 2. The summed E-state index contributed by atoms with van der Waals surface area (Å²) in [5, 5.41) is 14.4. The van der Waals surface area contributed by atoms with Crippen molar-refractivity contribution in [1.82, 2.24) is 20.6 Å². The number of carboxylic acids is 1. The average molecular weight is 296 g/mol. The summed E-state index contributed by atoms with van der Waals surface area (Å²) in [5.41, 5.74) is 0.885. The van der Waals surface area contributed by atoms with E-state index in [1.54, 1.807) is 12.5 Å². The van der Waals surface area contributed by atoms with Crippen LogP contribution in [0.5, 0.6) is 0 Å². The molecule has 0 fully saturated rings. The van der Waals surface area contributed by atoms with Crippen LogP contribution >= 0.6 is 0 Å². The van der Waals surface area contributed by atoms with E-state index >= 15 is 0 Å². The predicted octanol–water partition coefficient (Wildman–Crippen LogP) is 1.53. The van der Waals surface area contributed by atoms with E-state index in [1.165, 1.54) is 0 Å². The molecule has 1 unspecified atom stereocenters. The molecule has 7 nitrogen and oxygen atoms in total. The number of rotatable bonds is 7.